The highest BCUT2D eigenvalue weighted by molar-refractivity contribution is 5.93. The number of amides is 1. The molecule has 28 heavy (non-hydrogen) atoms. The van der Waals surface area contributed by atoms with E-state index in [4.69, 9.17) is 4.74 Å². The molecule has 7 heteroatoms. The highest BCUT2D eigenvalue weighted by Gasteiger charge is 2.07. The summed E-state index contributed by atoms with van der Waals surface area (Å²) in [4.78, 5) is 22.4. The van der Waals surface area contributed by atoms with E-state index in [0.29, 0.717) is 18.1 Å². The van der Waals surface area contributed by atoms with Crippen molar-refractivity contribution in [2.24, 2.45) is 0 Å². The van der Waals surface area contributed by atoms with Crippen LogP contribution >= 0.6 is 0 Å². The van der Waals surface area contributed by atoms with Crippen LogP contribution in [-0.2, 0) is 0 Å². The Kier molecular flexibility index (Phi) is 6.54. The standard InChI is InChI=1S/C21H23N5O2/c1-26(2)13-12-22-20(27)16-14-23-21(24-15-16)25-17-8-10-19(11-9-17)28-18-6-4-3-5-7-18/h3-11,14-15H,12-13H2,1-2H3,(H,22,27)(H,23,24,25). The van der Waals surface area contributed by atoms with Crippen LogP contribution in [0.5, 0.6) is 11.5 Å². The lowest BCUT2D eigenvalue weighted by molar-refractivity contribution is 0.0950. The zero-order valence-corrected chi connectivity index (χ0v) is 15.9. The van der Waals surface area contributed by atoms with Crippen LogP contribution in [0.3, 0.4) is 0 Å². The Morgan fingerprint density at radius 2 is 1.61 bits per heavy atom. The van der Waals surface area contributed by atoms with Gasteiger partial charge in [-0.25, -0.2) is 9.97 Å². The summed E-state index contributed by atoms with van der Waals surface area (Å²) in [5.74, 6) is 1.76. The molecule has 0 bridgehead atoms. The fraction of sp³-hybridized carbons (Fsp3) is 0.190. The molecule has 0 saturated heterocycles. The number of nitrogens with one attached hydrogen (secondary N) is 2. The summed E-state index contributed by atoms with van der Waals surface area (Å²) < 4.78 is 5.77. The third-order valence-electron chi connectivity index (χ3n) is 3.85. The van der Waals surface area contributed by atoms with Gasteiger partial charge in [-0.1, -0.05) is 18.2 Å². The van der Waals surface area contributed by atoms with Crippen LogP contribution in [0.2, 0.25) is 0 Å². The molecule has 1 aromatic heterocycles. The minimum Gasteiger partial charge on any atom is -0.457 e. The van der Waals surface area contributed by atoms with Gasteiger partial charge in [0.25, 0.3) is 5.91 Å². The quantitative estimate of drug-likeness (QED) is 0.627. The van der Waals surface area contributed by atoms with Crippen LogP contribution in [-0.4, -0.2) is 48.0 Å². The maximum absolute atomic E-state index is 12.0. The normalized spacial score (nSPS) is 10.5. The van der Waals surface area contributed by atoms with Crippen LogP contribution < -0.4 is 15.4 Å². The molecular formula is C21H23N5O2. The van der Waals surface area contributed by atoms with Crippen molar-refractivity contribution in [1.29, 1.82) is 0 Å². The Morgan fingerprint density at radius 1 is 0.964 bits per heavy atom. The lowest BCUT2D eigenvalue weighted by atomic mass is 10.3. The van der Waals surface area contributed by atoms with E-state index in [-0.39, 0.29) is 5.91 Å². The van der Waals surface area contributed by atoms with Gasteiger partial charge in [-0.3, -0.25) is 4.79 Å². The lowest BCUT2D eigenvalue weighted by Crippen LogP contribution is -2.31. The van der Waals surface area contributed by atoms with E-state index in [1.807, 2.05) is 73.6 Å². The van der Waals surface area contributed by atoms with Crippen LogP contribution in [0.1, 0.15) is 10.4 Å². The third kappa shape index (κ3) is 5.78. The first kappa shape index (κ1) is 19.3. The van der Waals surface area contributed by atoms with Crippen molar-refractivity contribution in [3.05, 3.63) is 72.6 Å². The Bertz CT molecular complexity index is 881. The van der Waals surface area contributed by atoms with Gasteiger partial charge in [0.2, 0.25) is 5.95 Å². The molecule has 3 rings (SSSR count). The van der Waals surface area contributed by atoms with Crippen molar-refractivity contribution in [2.45, 2.75) is 0 Å². The number of carbonyl (C=O) groups excluding carboxylic acids is 1. The second kappa shape index (κ2) is 9.48. The van der Waals surface area contributed by atoms with Crippen molar-refractivity contribution in [3.63, 3.8) is 0 Å². The molecule has 2 N–H and O–H groups in total. The van der Waals surface area contributed by atoms with E-state index in [2.05, 4.69) is 20.6 Å². The minimum atomic E-state index is -0.184. The number of rotatable bonds is 8. The monoisotopic (exact) mass is 377 g/mol. The molecule has 0 fully saturated rings. The first-order valence-corrected chi connectivity index (χ1v) is 8.95. The highest BCUT2D eigenvalue weighted by Crippen LogP contribution is 2.23. The van der Waals surface area contributed by atoms with Gasteiger partial charge in [-0.15, -0.1) is 0 Å². The SMILES string of the molecule is CN(C)CCNC(=O)c1cnc(Nc2ccc(Oc3ccccc3)cc2)nc1. The predicted molar refractivity (Wildman–Crippen MR) is 109 cm³/mol. The van der Waals surface area contributed by atoms with Crippen LogP contribution in [0.15, 0.2) is 67.0 Å². The number of benzene rings is 2. The number of hydrogen-bond donors (Lipinski definition) is 2. The summed E-state index contributed by atoms with van der Waals surface area (Å²) >= 11 is 0. The molecule has 0 unspecified atom stereocenters. The van der Waals surface area contributed by atoms with Gasteiger partial charge in [0.05, 0.1) is 5.56 Å². The van der Waals surface area contributed by atoms with Gasteiger partial charge in [0.1, 0.15) is 11.5 Å². The number of para-hydroxylation sites is 1. The predicted octanol–water partition coefficient (Wildman–Crippen LogP) is 3.30. The third-order valence-corrected chi connectivity index (χ3v) is 3.85. The fourth-order valence-corrected chi connectivity index (χ4v) is 2.36. The molecule has 0 saturated carbocycles. The molecule has 0 spiro atoms. The van der Waals surface area contributed by atoms with Crippen molar-refractivity contribution in [3.8, 4) is 11.5 Å². The molecule has 0 aliphatic heterocycles. The molecule has 0 aliphatic rings. The summed E-state index contributed by atoms with van der Waals surface area (Å²) in [6, 6.07) is 17.1. The van der Waals surface area contributed by atoms with Gasteiger partial charge in [-0.2, -0.15) is 0 Å². The van der Waals surface area contributed by atoms with Crippen molar-refractivity contribution in [2.75, 3.05) is 32.5 Å². The van der Waals surface area contributed by atoms with Crippen LogP contribution in [0.25, 0.3) is 0 Å². The molecule has 144 valence electrons. The Labute approximate surface area is 164 Å². The van der Waals surface area contributed by atoms with Crippen LogP contribution in [0, 0.1) is 0 Å². The highest BCUT2D eigenvalue weighted by atomic mass is 16.5. The van der Waals surface area contributed by atoms with E-state index in [1.165, 1.54) is 12.4 Å². The smallest absolute Gasteiger partial charge is 0.254 e. The first-order valence-electron chi connectivity index (χ1n) is 8.95. The minimum absolute atomic E-state index is 0.184. The van der Waals surface area contributed by atoms with Gasteiger partial charge < -0.3 is 20.3 Å². The van der Waals surface area contributed by atoms with Gasteiger partial charge >= 0.3 is 0 Å². The number of hydrogen-bond acceptors (Lipinski definition) is 6. The second-order valence-corrected chi connectivity index (χ2v) is 6.42. The number of ether oxygens (including phenoxy) is 1. The number of anilines is 2. The molecule has 3 aromatic rings. The van der Waals surface area contributed by atoms with E-state index in [0.717, 1.165) is 23.7 Å². The van der Waals surface area contributed by atoms with Crippen LogP contribution in [0.4, 0.5) is 11.6 Å². The number of nitrogens with zero attached hydrogens (tertiary/aromatic N) is 3. The summed E-state index contributed by atoms with van der Waals surface area (Å²) in [7, 11) is 3.91. The average Bonchev–Trinajstić information content (AvgIpc) is 2.70. The Hall–Kier alpha value is -3.45. The summed E-state index contributed by atoms with van der Waals surface area (Å²) in [5, 5.41) is 5.93. The molecule has 7 nitrogen and oxygen atoms in total. The number of carbonyl (C=O) groups is 1. The summed E-state index contributed by atoms with van der Waals surface area (Å²) in [5.41, 5.74) is 1.25. The fourth-order valence-electron chi connectivity index (χ4n) is 2.36. The molecular weight excluding hydrogens is 354 g/mol. The molecule has 2 aromatic carbocycles. The largest absolute Gasteiger partial charge is 0.457 e. The molecule has 0 aliphatic carbocycles. The Morgan fingerprint density at radius 3 is 2.25 bits per heavy atom. The Balaban J connectivity index is 1.54. The maximum atomic E-state index is 12.0. The average molecular weight is 377 g/mol. The molecule has 0 atom stereocenters. The van der Waals surface area contributed by atoms with E-state index >= 15 is 0 Å². The molecule has 1 heterocycles. The van der Waals surface area contributed by atoms with Gasteiger partial charge in [-0.05, 0) is 50.5 Å². The van der Waals surface area contributed by atoms with E-state index in [9.17, 15) is 4.79 Å². The topological polar surface area (TPSA) is 79.4 Å². The summed E-state index contributed by atoms with van der Waals surface area (Å²) in [6.45, 7) is 1.35. The van der Waals surface area contributed by atoms with Crippen molar-refractivity contribution < 1.29 is 9.53 Å². The zero-order chi connectivity index (χ0) is 19.8. The lowest BCUT2D eigenvalue weighted by Gasteiger charge is -2.10. The first-order chi connectivity index (χ1) is 13.6. The molecule has 0 radical (unpaired) electrons. The van der Waals surface area contributed by atoms with Crippen molar-refractivity contribution in [1.82, 2.24) is 20.2 Å². The van der Waals surface area contributed by atoms with Gasteiger partial charge in [0.15, 0.2) is 0 Å². The van der Waals surface area contributed by atoms with Gasteiger partial charge in [0, 0.05) is 31.2 Å². The second-order valence-electron chi connectivity index (χ2n) is 6.42. The molecule has 1 amide bonds. The number of likely N-dealkylation sites (N-methyl/N-ethyl adjacent to an activating group) is 1. The maximum Gasteiger partial charge on any atom is 0.254 e. The zero-order valence-electron chi connectivity index (χ0n) is 15.9. The van der Waals surface area contributed by atoms with E-state index < -0.39 is 0 Å². The van der Waals surface area contributed by atoms with E-state index in [1.54, 1.807) is 0 Å². The van der Waals surface area contributed by atoms with Crippen molar-refractivity contribution >= 4 is 17.5 Å². The summed E-state index contributed by atoms with van der Waals surface area (Å²) in [6.07, 6.45) is 3.01. The number of aromatic nitrogens is 2.